The van der Waals surface area contributed by atoms with Gasteiger partial charge in [-0.1, -0.05) is 6.07 Å². The molecule has 1 aromatic carbocycles. The van der Waals surface area contributed by atoms with Crippen molar-refractivity contribution in [2.24, 2.45) is 5.73 Å². The van der Waals surface area contributed by atoms with Crippen LogP contribution in [0.25, 0.3) is 0 Å². The summed E-state index contributed by atoms with van der Waals surface area (Å²) in [5.41, 5.74) is 5.33. The summed E-state index contributed by atoms with van der Waals surface area (Å²) in [5, 5.41) is 9.10. The van der Waals surface area contributed by atoms with Crippen molar-refractivity contribution in [3.63, 3.8) is 0 Å². The zero-order valence-electron chi connectivity index (χ0n) is 10.0. The number of amides is 1. The van der Waals surface area contributed by atoms with E-state index in [0.717, 1.165) is 0 Å². The summed E-state index contributed by atoms with van der Waals surface area (Å²) in [7, 11) is 0. The van der Waals surface area contributed by atoms with E-state index in [2.05, 4.69) is 20.9 Å². The molecule has 1 heterocycles. The molecule has 1 amide bonds. The molecule has 102 valence electrons. The topological polar surface area (TPSA) is 103 Å². The summed E-state index contributed by atoms with van der Waals surface area (Å²) >= 11 is 3.14. The van der Waals surface area contributed by atoms with Gasteiger partial charge in [0, 0.05) is 16.2 Å². The maximum absolute atomic E-state index is 11.1. The number of rotatable bonds is 4. The van der Waals surface area contributed by atoms with Crippen LogP contribution in [0.2, 0.25) is 0 Å². The Hall–Kier alpha value is -2.41. The van der Waals surface area contributed by atoms with Crippen LogP contribution in [-0.4, -0.2) is 22.0 Å². The number of halogens is 1. The molecule has 0 radical (unpaired) electrons. The number of hydrogen-bond acceptors (Lipinski definition) is 4. The minimum atomic E-state index is -1.17. The lowest BCUT2D eigenvalue weighted by molar-refractivity contribution is 0.0693. The van der Waals surface area contributed by atoms with Crippen molar-refractivity contribution in [2.45, 2.75) is 0 Å². The van der Waals surface area contributed by atoms with Gasteiger partial charge in [0.05, 0.1) is 0 Å². The number of nitrogens with zero attached hydrogens (tertiary/aromatic N) is 1. The maximum atomic E-state index is 11.1. The number of carbonyl (C=O) groups excluding carboxylic acids is 1. The number of aromatic nitrogens is 1. The lowest BCUT2D eigenvalue weighted by Gasteiger charge is -2.08. The Morgan fingerprint density at radius 2 is 2.05 bits per heavy atom. The highest BCUT2D eigenvalue weighted by Crippen LogP contribution is 2.26. The van der Waals surface area contributed by atoms with Crippen LogP contribution in [0.5, 0.6) is 11.6 Å². The van der Waals surface area contributed by atoms with Gasteiger partial charge >= 0.3 is 5.97 Å². The summed E-state index contributed by atoms with van der Waals surface area (Å²) in [5.74, 6) is -1.56. The number of hydrogen-bond donors (Lipinski definition) is 2. The third-order valence-corrected chi connectivity index (χ3v) is 2.81. The SMILES string of the molecule is NC(=O)c1cccc(Oc2ncc(Br)cc2C(=O)O)c1. The van der Waals surface area contributed by atoms with Gasteiger partial charge in [-0.2, -0.15) is 0 Å². The molecule has 0 bridgehead atoms. The van der Waals surface area contributed by atoms with Gasteiger partial charge in [0.2, 0.25) is 11.8 Å². The monoisotopic (exact) mass is 336 g/mol. The maximum Gasteiger partial charge on any atom is 0.341 e. The molecule has 2 aromatic rings. The van der Waals surface area contributed by atoms with Crippen LogP contribution in [0.4, 0.5) is 0 Å². The molecule has 3 N–H and O–H groups in total. The van der Waals surface area contributed by atoms with Crippen molar-refractivity contribution >= 4 is 27.8 Å². The molecular formula is C13H9BrN2O4. The van der Waals surface area contributed by atoms with Crippen LogP contribution in [0, 0.1) is 0 Å². The number of nitrogens with two attached hydrogens (primary N) is 1. The van der Waals surface area contributed by atoms with E-state index in [-0.39, 0.29) is 22.8 Å². The van der Waals surface area contributed by atoms with Crippen molar-refractivity contribution in [3.05, 3.63) is 52.1 Å². The average molecular weight is 337 g/mol. The van der Waals surface area contributed by atoms with E-state index in [1.54, 1.807) is 12.1 Å². The highest BCUT2D eigenvalue weighted by molar-refractivity contribution is 9.10. The molecule has 0 atom stereocenters. The molecule has 0 unspecified atom stereocenters. The lowest BCUT2D eigenvalue weighted by Crippen LogP contribution is -2.10. The average Bonchev–Trinajstić information content (AvgIpc) is 2.41. The van der Waals surface area contributed by atoms with Crippen LogP contribution in [0.1, 0.15) is 20.7 Å². The molecule has 0 saturated heterocycles. The van der Waals surface area contributed by atoms with Crippen molar-refractivity contribution in [3.8, 4) is 11.6 Å². The van der Waals surface area contributed by atoms with Crippen molar-refractivity contribution < 1.29 is 19.4 Å². The number of carboxylic acids is 1. The summed E-state index contributed by atoms with van der Waals surface area (Å²) < 4.78 is 5.92. The van der Waals surface area contributed by atoms with Gasteiger partial charge in [-0.25, -0.2) is 9.78 Å². The first-order chi connectivity index (χ1) is 9.47. The first kappa shape index (κ1) is 14.0. The number of ether oxygens (including phenoxy) is 1. The zero-order valence-corrected chi connectivity index (χ0v) is 11.6. The van der Waals surface area contributed by atoms with E-state index in [1.165, 1.54) is 24.4 Å². The Balaban J connectivity index is 2.37. The smallest absolute Gasteiger partial charge is 0.341 e. The number of primary amides is 1. The first-order valence-corrected chi connectivity index (χ1v) is 6.23. The predicted molar refractivity (Wildman–Crippen MR) is 73.9 cm³/mol. The van der Waals surface area contributed by atoms with Crippen LogP contribution >= 0.6 is 15.9 Å². The molecule has 2 rings (SSSR count). The standard InChI is InChI=1S/C13H9BrN2O4/c14-8-5-10(13(18)19)12(16-6-8)20-9-3-1-2-7(4-9)11(15)17/h1-6H,(H2,15,17)(H,18,19). The Morgan fingerprint density at radius 3 is 2.70 bits per heavy atom. The fourth-order valence-electron chi connectivity index (χ4n) is 1.49. The van der Waals surface area contributed by atoms with Gasteiger partial charge in [-0.05, 0) is 40.2 Å². The van der Waals surface area contributed by atoms with Gasteiger partial charge in [0.25, 0.3) is 0 Å². The van der Waals surface area contributed by atoms with Gasteiger partial charge in [-0.3, -0.25) is 4.79 Å². The highest BCUT2D eigenvalue weighted by Gasteiger charge is 2.14. The Bertz CT molecular complexity index is 688. The third-order valence-electron chi connectivity index (χ3n) is 2.38. The fourth-order valence-corrected chi connectivity index (χ4v) is 1.82. The fraction of sp³-hybridized carbons (Fsp3) is 0. The van der Waals surface area contributed by atoms with E-state index >= 15 is 0 Å². The second-order valence-electron chi connectivity index (χ2n) is 3.81. The van der Waals surface area contributed by atoms with E-state index in [9.17, 15) is 9.59 Å². The number of aromatic carboxylic acids is 1. The lowest BCUT2D eigenvalue weighted by atomic mass is 10.2. The quantitative estimate of drug-likeness (QED) is 0.892. The van der Waals surface area contributed by atoms with Gasteiger partial charge in [-0.15, -0.1) is 0 Å². The Morgan fingerprint density at radius 1 is 1.30 bits per heavy atom. The zero-order chi connectivity index (χ0) is 14.7. The minimum absolute atomic E-state index is 0.0673. The normalized spacial score (nSPS) is 10.1. The molecule has 0 aliphatic rings. The van der Waals surface area contributed by atoms with Crippen molar-refractivity contribution in [1.29, 1.82) is 0 Å². The Kier molecular flexibility index (Phi) is 3.99. The van der Waals surface area contributed by atoms with Gasteiger partial charge < -0.3 is 15.6 Å². The number of carbonyl (C=O) groups is 2. The molecular weight excluding hydrogens is 328 g/mol. The molecule has 6 nitrogen and oxygen atoms in total. The van der Waals surface area contributed by atoms with E-state index in [1.807, 2.05) is 0 Å². The molecule has 0 spiro atoms. The number of pyridine rings is 1. The van der Waals surface area contributed by atoms with E-state index in [4.69, 9.17) is 15.6 Å². The van der Waals surface area contributed by atoms with Crippen molar-refractivity contribution in [2.75, 3.05) is 0 Å². The Labute approximate surface area is 122 Å². The molecule has 0 aliphatic heterocycles. The van der Waals surface area contributed by atoms with Crippen LogP contribution < -0.4 is 10.5 Å². The predicted octanol–water partition coefficient (Wildman–Crippen LogP) is 2.43. The molecule has 7 heteroatoms. The van der Waals surface area contributed by atoms with E-state index in [0.29, 0.717) is 4.47 Å². The molecule has 0 fully saturated rings. The summed E-state index contributed by atoms with van der Waals surface area (Å²) in [6, 6.07) is 7.47. The summed E-state index contributed by atoms with van der Waals surface area (Å²) in [6.07, 6.45) is 1.42. The van der Waals surface area contributed by atoms with Crippen LogP contribution in [0.15, 0.2) is 41.0 Å². The summed E-state index contributed by atoms with van der Waals surface area (Å²) in [4.78, 5) is 26.1. The molecule has 0 aliphatic carbocycles. The largest absolute Gasteiger partial charge is 0.477 e. The minimum Gasteiger partial charge on any atom is -0.477 e. The second-order valence-corrected chi connectivity index (χ2v) is 4.72. The number of carboxylic acid groups (broad SMARTS) is 1. The molecule has 20 heavy (non-hydrogen) atoms. The van der Waals surface area contributed by atoms with Gasteiger partial charge in [0.1, 0.15) is 11.3 Å². The molecule has 0 saturated carbocycles. The van der Waals surface area contributed by atoms with Crippen LogP contribution in [-0.2, 0) is 0 Å². The molecule has 1 aromatic heterocycles. The van der Waals surface area contributed by atoms with Crippen molar-refractivity contribution in [1.82, 2.24) is 4.98 Å². The van der Waals surface area contributed by atoms with Crippen LogP contribution in [0.3, 0.4) is 0 Å². The third kappa shape index (κ3) is 3.12. The highest BCUT2D eigenvalue weighted by atomic mass is 79.9. The van der Waals surface area contributed by atoms with Gasteiger partial charge in [0.15, 0.2) is 0 Å². The first-order valence-electron chi connectivity index (χ1n) is 5.44. The summed E-state index contributed by atoms with van der Waals surface area (Å²) in [6.45, 7) is 0. The second kappa shape index (κ2) is 5.70. The van der Waals surface area contributed by atoms with E-state index < -0.39 is 11.9 Å². The number of benzene rings is 1.